The Bertz CT molecular complexity index is 279. The number of aliphatic hydroxyl groups is 1. The van der Waals surface area contributed by atoms with Gasteiger partial charge in [-0.1, -0.05) is 12.8 Å². The molecule has 1 aliphatic heterocycles. The minimum Gasteiger partial charge on any atom is -0.394 e. The summed E-state index contributed by atoms with van der Waals surface area (Å²) in [5.74, 6) is 0.0631. The maximum Gasteiger partial charge on any atom is 0.240 e. The summed E-state index contributed by atoms with van der Waals surface area (Å²) in [6.45, 7) is 2.95. The summed E-state index contributed by atoms with van der Waals surface area (Å²) in [4.78, 5) is 12.4. The van der Waals surface area contributed by atoms with Crippen molar-refractivity contribution in [3.63, 3.8) is 0 Å². The van der Waals surface area contributed by atoms with Crippen molar-refractivity contribution in [2.75, 3.05) is 13.2 Å². The molecule has 0 spiro atoms. The van der Waals surface area contributed by atoms with E-state index in [1.807, 2.05) is 6.92 Å². The Morgan fingerprint density at radius 1 is 1.24 bits per heavy atom. The molecular weight excluding hydrogens is 216 g/mol. The van der Waals surface area contributed by atoms with Crippen LogP contribution < -0.4 is 10.6 Å². The minimum absolute atomic E-state index is 0.0631. The van der Waals surface area contributed by atoms with Gasteiger partial charge in [0, 0.05) is 0 Å². The molecule has 4 nitrogen and oxygen atoms in total. The lowest BCUT2D eigenvalue weighted by Gasteiger charge is -2.38. The van der Waals surface area contributed by atoms with Gasteiger partial charge >= 0.3 is 0 Å². The highest BCUT2D eigenvalue weighted by molar-refractivity contribution is 5.86. The summed E-state index contributed by atoms with van der Waals surface area (Å²) >= 11 is 0. The van der Waals surface area contributed by atoms with Crippen LogP contribution in [0, 0.1) is 0 Å². The van der Waals surface area contributed by atoms with Gasteiger partial charge in [0.15, 0.2) is 0 Å². The first kappa shape index (κ1) is 12.8. The summed E-state index contributed by atoms with van der Waals surface area (Å²) in [7, 11) is 0. The highest BCUT2D eigenvalue weighted by atomic mass is 16.3. The summed E-state index contributed by atoms with van der Waals surface area (Å²) in [6.07, 6.45) is 7.16. The first-order valence-corrected chi connectivity index (χ1v) is 6.79. The number of hydrogen-bond acceptors (Lipinski definition) is 3. The average molecular weight is 240 g/mol. The summed E-state index contributed by atoms with van der Waals surface area (Å²) < 4.78 is 0. The Morgan fingerprint density at radius 2 is 1.88 bits per heavy atom. The zero-order valence-electron chi connectivity index (χ0n) is 10.7. The van der Waals surface area contributed by atoms with Crippen molar-refractivity contribution >= 4 is 5.91 Å². The standard InChI is InChI=1S/C13H24N2O2/c1-12(6-4-5-9-14-12)11(17)15-13(10-16)7-2-3-8-13/h14,16H,2-10H2,1H3,(H,15,17). The molecule has 17 heavy (non-hydrogen) atoms. The average Bonchev–Trinajstić information content (AvgIpc) is 2.79. The molecule has 1 amide bonds. The van der Waals surface area contributed by atoms with E-state index in [1.54, 1.807) is 0 Å². The quantitative estimate of drug-likeness (QED) is 0.688. The van der Waals surface area contributed by atoms with Gasteiger partial charge in [-0.25, -0.2) is 0 Å². The van der Waals surface area contributed by atoms with Gasteiger partial charge in [0.2, 0.25) is 5.91 Å². The number of rotatable bonds is 3. The molecule has 4 heteroatoms. The van der Waals surface area contributed by atoms with Gasteiger partial charge in [0.25, 0.3) is 0 Å². The maximum absolute atomic E-state index is 12.4. The highest BCUT2D eigenvalue weighted by Crippen LogP contribution is 2.30. The third-order valence-corrected chi connectivity index (χ3v) is 4.36. The van der Waals surface area contributed by atoms with Crippen LogP contribution in [0.15, 0.2) is 0 Å². The Labute approximate surface area is 103 Å². The molecule has 1 saturated heterocycles. The van der Waals surface area contributed by atoms with E-state index in [2.05, 4.69) is 10.6 Å². The van der Waals surface area contributed by atoms with Crippen LogP contribution in [0.5, 0.6) is 0 Å². The molecule has 98 valence electrons. The zero-order valence-corrected chi connectivity index (χ0v) is 10.7. The first-order chi connectivity index (χ1) is 8.10. The Kier molecular flexibility index (Phi) is 3.73. The van der Waals surface area contributed by atoms with E-state index >= 15 is 0 Å². The molecule has 1 unspecified atom stereocenters. The van der Waals surface area contributed by atoms with Gasteiger partial charge in [-0.2, -0.15) is 0 Å². The van der Waals surface area contributed by atoms with Crippen LogP contribution >= 0.6 is 0 Å². The topological polar surface area (TPSA) is 61.4 Å². The monoisotopic (exact) mass is 240 g/mol. The Morgan fingerprint density at radius 3 is 2.41 bits per heavy atom. The second-order valence-electron chi connectivity index (χ2n) is 5.82. The van der Waals surface area contributed by atoms with Crippen LogP contribution in [0.1, 0.15) is 51.9 Å². The van der Waals surface area contributed by atoms with E-state index in [0.29, 0.717) is 0 Å². The smallest absolute Gasteiger partial charge is 0.240 e. The van der Waals surface area contributed by atoms with Crippen molar-refractivity contribution in [2.45, 2.75) is 62.9 Å². The van der Waals surface area contributed by atoms with Crippen molar-refractivity contribution < 1.29 is 9.90 Å². The lowest BCUT2D eigenvalue weighted by Crippen LogP contribution is -2.62. The second kappa shape index (κ2) is 4.94. The van der Waals surface area contributed by atoms with Crippen molar-refractivity contribution in [1.82, 2.24) is 10.6 Å². The van der Waals surface area contributed by atoms with Gasteiger partial charge in [-0.15, -0.1) is 0 Å². The van der Waals surface area contributed by atoms with Crippen molar-refractivity contribution in [1.29, 1.82) is 0 Å². The maximum atomic E-state index is 12.4. The number of aliphatic hydroxyl groups excluding tert-OH is 1. The number of amides is 1. The molecule has 1 saturated carbocycles. The molecule has 1 aliphatic carbocycles. The predicted molar refractivity (Wildman–Crippen MR) is 66.7 cm³/mol. The molecule has 3 N–H and O–H groups in total. The molecule has 0 aromatic rings. The molecule has 0 aromatic carbocycles. The largest absolute Gasteiger partial charge is 0.394 e. The van der Waals surface area contributed by atoms with Gasteiger partial charge < -0.3 is 15.7 Å². The Balaban J connectivity index is 1.99. The fourth-order valence-corrected chi connectivity index (χ4v) is 3.00. The van der Waals surface area contributed by atoms with Crippen LogP contribution in [0.2, 0.25) is 0 Å². The number of hydrogen-bond donors (Lipinski definition) is 3. The second-order valence-corrected chi connectivity index (χ2v) is 5.82. The lowest BCUT2D eigenvalue weighted by molar-refractivity contribution is -0.130. The van der Waals surface area contributed by atoms with Crippen LogP contribution in [-0.2, 0) is 4.79 Å². The molecule has 0 aromatic heterocycles. The van der Waals surface area contributed by atoms with Crippen molar-refractivity contribution in [2.24, 2.45) is 0 Å². The summed E-state index contributed by atoms with van der Waals surface area (Å²) in [5, 5.41) is 15.9. The molecule has 1 atom stereocenters. The SMILES string of the molecule is CC1(C(=O)NC2(CO)CCCC2)CCCCN1. The third-order valence-electron chi connectivity index (χ3n) is 4.36. The zero-order chi connectivity index (χ0) is 12.4. The molecule has 0 radical (unpaired) electrons. The highest BCUT2D eigenvalue weighted by Gasteiger charge is 2.41. The number of piperidine rings is 1. The van der Waals surface area contributed by atoms with E-state index in [0.717, 1.165) is 51.5 Å². The van der Waals surface area contributed by atoms with E-state index in [9.17, 15) is 9.90 Å². The van der Waals surface area contributed by atoms with Crippen molar-refractivity contribution in [3.05, 3.63) is 0 Å². The summed E-state index contributed by atoms with van der Waals surface area (Å²) in [5.41, 5.74) is -0.789. The molecule has 2 fully saturated rings. The van der Waals surface area contributed by atoms with Gasteiger partial charge in [0.05, 0.1) is 17.7 Å². The predicted octanol–water partition coefficient (Wildman–Crippen LogP) is 0.940. The lowest BCUT2D eigenvalue weighted by atomic mass is 9.88. The molecule has 2 aliphatic rings. The Hall–Kier alpha value is -0.610. The van der Waals surface area contributed by atoms with E-state index in [1.165, 1.54) is 0 Å². The third kappa shape index (κ3) is 2.63. The first-order valence-electron chi connectivity index (χ1n) is 6.79. The molecular formula is C13H24N2O2. The van der Waals surface area contributed by atoms with E-state index in [-0.39, 0.29) is 18.1 Å². The molecule has 2 rings (SSSR count). The number of nitrogens with one attached hydrogen (secondary N) is 2. The minimum atomic E-state index is -0.441. The van der Waals surface area contributed by atoms with Crippen LogP contribution in [0.3, 0.4) is 0 Å². The van der Waals surface area contributed by atoms with Gasteiger partial charge in [0.1, 0.15) is 0 Å². The van der Waals surface area contributed by atoms with Gasteiger partial charge in [-0.3, -0.25) is 4.79 Å². The number of carbonyl (C=O) groups excluding carboxylic acids is 1. The molecule has 0 bridgehead atoms. The van der Waals surface area contributed by atoms with Crippen molar-refractivity contribution in [3.8, 4) is 0 Å². The number of carbonyl (C=O) groups is 1. The molecule has 1 heterocycles. The van der Waals surface area contributed by atoms with Crippen LogP contribution in [0.4, 0.5) is 0 Å². The van der Waals surface area contributed by atoms with Crippen LogP contribution in [-0.4, -0.2) is 35.2 Å². The fraction of sp³-hybridized carbons (Fsp3) is 0.923. The normalized spacial score (nSPS) is 32.4. The van der Waals surface area contributed by atoms with Crippen LogP contribution in [0.25, 0.3) is 0 Å². The summed E-state index contributed by atoms with van der Waals surface area (Å²) in [6, 6.07) is 0. The van der Waals surface area contributed by atoms with E-state index < -0.39 is 5.54 Å². The van der Waals surface area contributed by atoms with Gasteiger partial charge in [-0.05, 0) is 45.6 Å². The van der Waals surface area contributed by atoms with E-state index in [4.69, 9.17) is 0 Å². The fourth-order valence-electron chi connectivity index (χ4n) is 3.00.